The zero-order valence-electron chi connectivity index (χ0n) is 19.3. The van der Waals surface area contributed by atoms with Gasteiger partial charge in [-0.2, -0.15) is 0 Å². The first-order chi connectivity index (χ1) is 15.5. The number of amides is 2. The minimum atomic E-state index is -0.125. The molecular weight excluding hydrogens is 402 g/mol. The van der Waals surface area contributed by atoms with Gasteiger partial charge in [0.05, 0.1) is 6.61 Å². The van der Waals surface area contributed by atoms with Crippen molar-refractivity contribution in [1.82, 2.24) is 10.1 Å². The molecule has 2 aromatic rings. The van der Waals surface area contributed by atoms with E-state index in [1.54, 1.807) is 0 Å². The Morgan fingerprint density at radius 3 is 2.94 bits per heavy atom. The van der Waals surface area contributed by atoms with Crippen molar-refractivity contribution < 1.29 is 14.1 Å². The van der Waals surface area contributed by atoms with E-state index in [1.165, 1.54) is 12.0 Å². The van der Waals surface area contributed by atoms with E-state index in [2.05, 4.69) is 53.8 Å². The number of carbonyl (C=O) groups is 1. The van der Waals surface area contributed by atoms with Gasteiger partial charge < -0.3 is 14.2 Å². The molecule has 0 spiro atoms. The van der Waals surface area contributed by atoms with Crippen LogP contribution in [-0.2, 0) is 0 Å². The zero-order chi connectivity index (χ0) is 22.5. The summed E-state index contributed by atoms with van der Waals surface area (Å²) in [5.74, 6) is 3.05. The summed E-state index contributed by atoms with van der Waals surface area (Å²) in [6, 6.07) is 8.20. The minimum Gasteiger partial charge on any atom is -0.493 e. The summed E-state index contributed by atoms with van der Waals surface area (Å²) in [7, 11) is 0. The average molecular weight is 436 g/mol. The highest BCUT2D eigenvalue weighted by molar-refractivity contribution is 5.89. The quantitative estimate of drug-likeness (QED) is 0.586. The summed E-state index contributed by atoms with van der Waals surface area (Å²) >= 11 is 0. The number of nitrogens with zero attached hydrogens (tertiary/aromatic N) is 2. The fourth-order valence-electron chi connectivity index (χ4n) is 4.29. The Bertz CT molecular complexity index is 1010. The lowest BCUT2D eigenvalue weighted by Gasteiger charge is -2.33. The van der Waals surface area contributed by atoms with Gasteiger partial charge >= 0.3 is 6.03 Å². The molecule has 2 heterocycles. The van der Waals surface area contributed by atoms with Crippen molar-refractivity contribution in [3.8, 4) is 5.75 Å². The molecule has 4 rings (SSSR count). The summed E-state index contributed by atoms with van der Waals surface area (Å²) in [5.41, 5.74) is 3.38. The number of benzene rings is 1. The number of hydrogen-bond acceptors (Lipinski definition) is 4. The van der Waals surface area contributed by atoms with Crippen molar-refractivity contribution in [3.63, 3.8) is 0 Å². The maximum atomic E-state index is 12.7. The lowest BCUT2D eigenvalue weighted by Crippen LogP contribution is -2.42. The Hall–Kier alpha value is -3.02. The van der Waals surface area contributed by atoms with Crippen molar-refractivity contribution in [1.29, 1.82) is 0 Å². The molecule has 1 N–H and O–H groups in total. The minimum absolute atomic E-state index is 0.125. The lowest BCUT2D eigenvalue weighted by molar-refractivity contribution is 0.197. The first-order valence-corrected chi connectivity index (χ1v) is 11.6. The third kappa shape index (κ3) is 5.42. The normalized spacial score (nSPS) is 22.2. The van der Waals surface area contributed by atoms with Crippen molar-refractivity contribution in [2.45, 2.75) is 46.5 Å². The van der Waals surface area contributed by atoms with Crippen LogP contribution in [0.25, 0.3) is 6.08 Å². The third-order valence-corrected chi connectivity index (χ3v) is 6.54. The molecule has 1 aromatic heterocycles. The molecule has 6 nitrogen and oxygen atoms in total. The smallest absolute Gasteiger partial charge is 0.323 e. The van der Waals surface area contributed by atoms with Crippen LogP contribution in [0.1, 0.15) is 49.5 Å². The second-order valence-corrected chi connectivity index (χ2v) is 8.99. The van der Waals surface area contributed by atoms with Crippen LogP contribution < -0.4 is 10.1 Å². The molecular formula is C26H33N3O3. The highest BCUT2D eigenvalue weighted by Gasteiger charge is 2.25. The highest BCUT2D eigenvalue weighted by Crippen LogP contribution is 2.27. The molecule has 1 aliphatic heterocycles. The van der Waals surface area contributed by atoms with E-state index in [4.69, 9.17) is 9.26 Å². The average Bonchev–Trinajstić information content (AvgIpc) is 3.12. The number of aryl methyl sites for hydroxylation is 1. The van der Waals surface area contributed by atoms with E-state index in [-0.39, 0.29) is 11.9 Å². The van der Waals surface area contributed by atoms with Gasteiger partial charge in [0, 0.05) is 18.7 Å². The van der Waals surface area contributed by atoms with Crippen LogP contribution in [0.2, 0.25) is 0 Å². The number of aromatic nitrogens is 1. The second kappa shape index (κ2) is 10.1. The van der Waals surface area contributed by atoms with Crippen LogP contribution in [0.4, 0.5) is 10.6 Å². The van der Waals surface area contributed by atoms with E-state index in [0.717, 1.165) is 48.5 Å². The summed E-state index contributed by atoms with van der Waals surface area (Å²) in [6.45, 7) is 8.04. The molecule has 0 saturated carbocycles. The van der Waals surface area contributed by atoms with Crippen LogP contribution in [0.15, 0.2) is 46.5 Å². The highest BCUT2D eigenvalue weighted by atomic mass is 16.5. The number of ether oxygens (including phenoxy) is 1. The summed E-state index contributed by atoms with van der Waals surface area (Å²) in [4.78, 5) is 14.5. The Kier molecular flexibility index (Phi) is 6.98. The summed E-state index contributed by atoms with van der Waals surface area (Å²) in [5, 5.41) is 6.81. The van der Waals surface area contributed by atoms with Gasteiger partial charge in [-0.3, -0.25) is 5.32 Å². The van der Waals surface area contributed by atoms with E-state index in [0.29, 0.717) is 24.8 Å². The van der Waals surface area contributed by atoms with Crippen LogP contribution in [0, 0.1) is 25.7 Å². The molecule has 32 heavy (non-hydrogen) atoms. The first-order valence-electron chi connectivity index (χ1n) is 11.6. The molecule has 2 aliphatic rings. The lowest BCUT2D eigenvalue weighted by atomic mass is 9.91. The SMILES string of the molecule is Cc1onc(NC(=O)N2CC/C(=C\c3cccc(OCC4CC=CCC4)c3)C(C)C2)c1C. The summed E-state index contributed by atoms with van der Waals surface area (Å²) < 4.78 is 11.2. The van der Waals surface area contributed by atoms with Crippen LogP contribution in [0.3, 0.4) is 0 Å². The Morgan fingerprint density at radius 2 is 2.22 bits per heavy atom. The van der Waals surface area contributed by atoms with E-state index in [9.17, 15) is 4.79 Å². The van der Waals surface area contributed by atoms with E-state index < -0.39 is 0 Å². The number of carbonyl (C=O) groups excluding carboxylic acids is 1. The Morgan fingerprint density at radius 1 is 1.34 bits per heavy atom. The third-order valence-electron chi connectivity index (χ3n) is 6.54. The molecule has 2 atom stereocenters. The van der Waals surface area contributed by atoms with Gasteiger partial charge in [-0.15, -0.1) is 0 Å². The maximum Gasteiger partial charge on any atom is 0.323 e. The molecule has 1 fully saturated rings. The van der Waals surface area contributed by atoms with Crippen LogP contribution in [0.5, 0.6) is 5.75 Å². The van der Waals surface area contributed by atoms with Crippen LogP contribution in [-0.4, -0.2) is 35.8 Å². The maximum absolute atomic E-state index is 12.7. The number of allylic oxidation sites excluding steroid dienone is 2. The fourth-order valence-corrected chi connectivity index (χ4v) is 4.29. The summed E-state index contributed by atoms with van der Waals surface area (Å²) in [6.07, 6.45) is 11.1. The van der Waals surface area contributed by atoms with Crippen molar-refractivity contribution >= 4 is 17.9 Å². The van der Waals surface area contributed by atoms with Gasteiger partial charge in [0.25, 0.3) is 0 Å². The van der Waals surface area contributed by atoms with Crippen LogP contribution >= 0.6 is 0 Å². The first kappa shape index (κ1) is 22.2. The zero-order valence-corrected chi connectivity index (χ0v) is 19.3. The van der Waals surface area contributed by atoms with Crippen molar-refractivity contribution in [2.75, 3.05) is 25.0 Å². The predicted molar refractivity (Wildman–Crippen MR) is 127 cm³/mol. The Balaban J connectivity index is 1.33. The molecule has 1 aromatic carbocycles. The number of likely N-dealkylation sites (tertiary alicyclic amines) is 1. The standard InChI is InChI=1S/C26H33N3O3/c1-18-16-29(26(30)27-25-19(2)20(3)32-28-25)13-12-23(18)14-22-10-7-11-24(15-22)31-17-21-8-5-4-6-9-21/h4-5,7,10-11,14-15,18,21H,6,8-9,12-13,16-17H2,1-3H3,(H,27,28,30)/b23-14+. The van der Waals surface area contributed by atoms with E-state index in [1.807, 2.05) is 24.8 Å². The molecule has 1 aliphatic carbocycles. The molecule has 2 unspecified atom stereocenters. The molecule has 2 amide bonds. The molecule has 6 heteroatoms. The predicted octanol–water partition coefficient (Wildman–Crippen LogP) is 5.98. The second-order valence-electron chi connectivity index (χ2n) is 8.99. The van der Waals surface area contributed by atoms with Gasteiger partial charge in [-0.25, -0.2) is 4.79 Å². The molecule has 170 valence electrons. The molecule has 0 radical (unpaired) electrons. The number of urea groups is 1. The van der Waals surface area contributed by atoms with Gasteiger partial charge in [-0.05, 0) is 69.1 Å². The Labute approximate surface area is 190 Å². The van der Waals surface area contributed by atoms with Gasteiger partial charge in [0.1, 0.15) is 11.5 Å². The molecule has 1 saturated heterocycles. The number of rotatable bonds is 5. The van der Waals surface area contributed by atoms with Gasteiger partial charge in [0.2, 0.25) is 0 Å². The number of piperidine rings is 1. The topological polar surface area (TPSA) is 67.6 Å². The fraction of sp³-hybridized carbons (Fsp3) is 0.462. The number of hydrogen-bond donors (Lipinski definition) is 1. The van der Waals surface area contributed by atoms with Crippen molar-refractivity contribution in [3.05, 3.63) is 58.9 Å². The van der Waals surface area contributed by atoms with Gasteiger partial charge in [0.15, 0.2) is 5.82 Å². The number of nitrogens with one attached hydrogen (secondary N) is 1. The van der Waals surface area contributed by atoms with E-state index >= 15 is 0 Å². The molecule has 0 bridgehead atoms. The monoisotopic (exact) mass is 435 g/mol. The largest absolute Gasteiger partial charge is 0.493 e. The van der Waals surface area contributed by atoms with Crippen molar-refractivity contribution in [2.24, 2.45) is 11.8 Å². The van der Waals surface area contributed by atoms with Gasteiger partial charge in [-0.1, -0.05) is 48.0 Å². The number of anilines is 1.